The minimum Gasteiger partial charge on any atom is -0.488 e. The van der Waals surface area contributed by atoms with Gasteiger partial charge in [-0.05, 0) is 37.6 Å². The zero-order valence-electron chi connectivity index (χ0n) is 13.5. The highest BCUT2D eigenvalue weighted by Crippen LogP contribution is 2.31. The maximum atomic E-state index is 12.9. The Balaban J connectivity index is 2.02. The number of nitrogens with zero attached hydrogens (tertiary/aromatic N) is 1. The SMILES string of the molecule is Cc1ccc2c(c1)OCc1cc(CC(O)C(C)O)n(C)c1C2=O. The van der Waals surface area contributed by atoms with Gasteiger partial charge in [0.2, 0.25) is 5.78 Å². The molecule has 0 fully saturated rings. The van der Waals surface area contributed by atoms with Crippen LogP contribution >= 0.6 is 0 Å². The quantitative estimate of drug-likeness (QED) is 0.905. The molecule has 1 aromatic heterocycles. The molecule has 0 spiro atoms. The van der Waals surface area contributed by atoms with Crippen LogP contribution in [0.3, 0.4) is 0 Å². The summed E-state index contributed by atoms with van der Waals surface area (Å²) >= 11 is 0. The zero-order valence-corrected chi connectivity index (χ0v) is 13.5. The molecule has 122 valence electrons. The number of aliphatic hydroxyl groups is 2. The summed E-state index contributed by atoms with van der Waals surface area (Å²) in [5.74, 6) is 0.532. The number of benzene rings is 1. The Bertz CT molecular complexity index is 761. The largest absolute Gasteiger partial charge is 0.488 e. The van der Waals surface area contributed by atoms with E-state index in [0.717, 1.165) is 16.8 Å². The molecule has 1 aromatic carbocycles. The Morgan fingerprint density at radius 2 is 2.04 bits per heavy atom. The van der Waals surface area contributed by atoms with E-state index in [9.17, 15) is 15.0 Å². The number of carbonyl (C=O) groups excluding carboxylic acids is 1. The fourth-order valence-corrected chi connectivity index (χ4v) is 2.93. The monoisotopic (exact) mass is 315 g/mol. The summed E-state index contributed by atoms with van der Waals surface area (Å²) in [6, 6.07) is 7.43. The zero-order chi connectivity index (χ0) is 16.7. The fourth-order valence-electron chi connectivity index (χ4n) is 2.93. The predicted molar refractivity (Wildman–Crippen MR) is 85.7 cm³/mol. The number of aryl methyl sites for hydroxylation is 1. The van der Waals surface area contributed by atoms with Crippen LogP contribution in [-0.4, -0.2) is 32.8 Å². The van der Waals surface area contributed by atoms with Gasteiger partial charge in [0.05, 0.1) is 23.5 Å². The molecule has 2 N–H and O–H groups in total. The first-order valence-corrected chi connectivity index (χ1v) is 7.70. The molecule has 2 aromatic rings. The van der Waals surface area contributed by atoms with Gasteiger partial charge in [-0.25, -0.2) is 0 Å². The second-order valence-electron chi connectivity index (χ2n) is 6.20. The Hall–Kier alpha value is -2.11. The molecule has 0 radical (unpaired) electrons. The minimum absolute atomic E-state index is 0.0761. The van der Waals surface area contributed by atoms with E-state index in [1.807, 2.05) is 25.1 Å². The Kier molecular flexibility index (Phi) is 4.00. The molecule has 0 amide bonds. The van der Waals surface area contributed by atoms with Crippen molar-refractivity contribution in [2.75, 3.05) is 0 Å². The van der Waals surface area contributed by atoms with Crippen molar-refractivity contribution in [3.05, 3.63) is 52.3 Å². The number of ether oxygens (including phenoxy) is 1. The van der Waals surface area contributed by atoms with Gasteiger partial charge in [-0.1, -0.05) is 6.07 Å². The van der Waals surface area contributed by atoms with E-state index in [0.29, 0.717) is 23.6 Å². The lowest BCUT2D eigenvalue weighted by Crippen LogP contribution is -2.26. The van der Waals surface area contributed by atoms with E-state index < -0.39 is 12.2 Å². The second-order valence-corrected chi connectivity index (χ2v) is 6.20. The number of carbonyl (C=O) groups is 1. The van der Waals surface area contributed by atoms with E-state index in [1.165, 1.54) is 0 Å². The van der Waals surface area contributed by atoms with Crippen molar-refractivity contribution < 1.29 is 19.7 Å². The molecule has 0 aliphatic carbocycles. The standard InChI is InChI=1S/C18H21NO4/c1-10-4-5-14-16(6-10)23-9-12-7-13(8-15(21)11(2)20)19(3)17(12)18(14)22/h4-7,11,15,20-21H,8-9H2,1-3H3. The average molecular weight is 315 g/mol. The summed E-state index contributed by atoms with van der Waals surface area (Å²) in [6.45, 7) is 3.82. The summed E-state index contributed by atoms with van der Waals surface area (Å²) < 4.78 is 7.59. The van der Waals surface area contributed by atoms with Crippen LogP contribution in [0.4, 0.5) is 0 Å². The molecule has 1 aliphatic rings. The average Bonchev–Trinajstić information content (AvgIpc) is 2.73. The minimum atomic E-state index is -0.863. The molecular formula is C18H21NO4. The van der Waals surface area contributed by atoms with Gasteiger partial charge < -0.3 is 19.5 Å². The maximum Gasteiger partial charge on any atom is 0.213 e. The Morgan fingerprint density at radius 3 is 2.74 bits per heavy atom. The van der Waals surface area contributed by atoms with E-state index in [2.05, 4.69) is 0 Å². The summed E-state index contributed by atoms with van der Waals surface area (Å²) in [5.41, 5.74) is 3.79. The van der Waals surface area contributed by atoms with Crippen LogP contribution in [0.2, 0.25) is 0 Å². The van der Waals surface area contributed by atoms with Gasteiger partial charge in [-0.2, -0.15) is 0 Å². The molecule has 5 nitrogen and oxygen atoms in total. The number of rotatable bonds is 3. The van der Waals surface area contributed by atoms with Gasteiger partial charge >= 0.3 is 0 Å². The number of ketones is 1. The smallest absolute Gasteiger partial charge is 0.213 e. The molecule has 23 heavy (non-hydrogen) atoms. The third-order valence-electron chi connectivity index (χ3n) is 4.37. The Labute approximate surface area is 135 Å². The first-order valence-electron chi connectivity index (χ1n) is 7.70. The number of hydrogen-bond acceptors (Lipinski definition) is 4. The summed E-state index contributed by atoms with van der Waals surface area (Å²) in [7, 11) is 1.81. The third-order valence-corrected chi connectivity index (χ3v) is 4.37. The first kappa shape index (κ1) is 15.8. The molecule has 2 heterocycles. The van der Waals surface area contributed by atoms with Crippen molar-refractivity contribution in [3.8, 4) is 5.75 Å². The van der Waals surface area contributed by atoms with Crippen LogP contribution < -0.4 is 4.74 Å². The van der Waals surface area contributed by atoms with Crippen LogP contribution in [0.1, 0.15) is 39.8 Å². The van der Waals surface area contributed by atoms with Crippen LogP contribution in [0, 0.1) is 6.92 Å². The van der Waals surface area contributed by atoms with Crippen molar-refractivity contribution in [2.24, 2.45) is 7.05 Å². The molecule has 5 heteroatoms. The lowest BCUT2D eigenvalue weighted by molar-refractivity contribution is 0.0310. The number of fused-ring (bicyclic) bond motifs is 2. The van der Waals surface area contributed by atoms with E-state index >= 15 is 0 Å². The predicted octanol–water partition coefficient (Wildman–Crippen LogP) is 1.74. The highest BCUT2D eigenvalue weighted by molar-refractivity contribution is 6.11. The molecule has 2 atom stereocenters. The Morgan fingerprint density at radius 1 is 1.30 bits per heavy atom. The van der Waals surface area contributed by atoms with Crippen molar-refractivity contribution in [1.29, 1.82) is 0 Å². The van der Waals surface area contributed by atoms with Crippen molar-refractivity contribution in [3.63, 3.8) is 0 Å². The topological polar surface area (TPSA) is 71.7 Å². The molecule has 0 saturated carbocycles. The van der Waals surface area contributed by atoms with Crippen LogP contribution in [-0.2, 0) is 20.1 Å². The van der Waals surface area contributed by atoms with Gasteiger partial charge in [0.25, 0.3) is 0 Å². The molecular weight excluding hydrogens is 294 g/mol. The molecule has 2 unspecified atom stereocenters. The van der Waals surface area contributed by atoms with Gasteiger partial charge in [-0.3, -0.25) is 4.79 Å². The van der Waals surface area contributed by atoms with Crippen molar-refractivity contribution in [2.45, 2.75) is 39.1 Å². The van der Waals surface area contributed by atoms with Crippen LogP contribution in [0.15, 0.2) is 24.3 Å². The molecule has 0 saturated heterocycles. The van der Waals surface area contributed by atoms with Gasteiger partial charge in [0.1, 0.15) is 12.4 Å². The van der Waals surface area contributed by atoms with E-state index in [-0.39, 0.29) is 12.2 Å². The summed E-state index contributed by atoms with van der Waals surface area (Å²) in [6.07, 6.45) is -1.39. The van der Waals surface area contributed by atoms with Gasteiger partial charge in [-0.15, -0.1) is 0 Å². The first-order chi connectivity index (χ1) is 10.9. The normalized spacial score (nSPS) is 16.1. The number of aromatic nitrogens is 1. The number of hydrogen-bond donors (Lipinski definition) is 2. The fraction of sp³-hybridized carbons (Fsp3) is 0.389. The van der Waals surface area contributed by atoms with Gasteiger partial charge in [0, 0.05) is 24.7 Å². The lowest BCUT2D eigenvalue weighted by Gasteiger charge is -2.14. The molecule has 3 rings (SSSR count). The third kappa shape index (κ3) is 2.78. The van der Waals surface area contributed by atoms with Crippen molar-refractivity contribution in [1.82, 2.24) is 4.57 Å². The van der Waals surface area contributed by atoms with Crippen molar-refractivity contribution >= 4 is 5.78 Å². The highest BCUT2D eigenvalue weighted by Gasteiger charge is 2.27. The number of aliphatic hydroxyl groups excluding tert-OH is 2. The summed E-state index contributed by atoms with van der Waals surface area (Å²) in [5, 5.41) is 19.4. The summed E-state index contributed by atoms with van der Waals surface area (Å²) in [4.78, 5) is 12.9. The lowest BCUT2D eigenvalue weighted by atomic mass is 10.0. The van der Waals surface area contributed by atoms with E-state index in [1.54, 1.807) is 24.6 Å². The second kappa shape index (κ2) is 5.83. The van der Waals surface area contributed by atoms with Crippen LogP contribution in [0.5, 0.6) is 5.75 Å². The van der Waals surface area contributed by atoms with Crippen LogP contribution in [0.25, 0.3) is 0 Å². The van der Waals surface area contributed by atoms with Gasteiger partial charge in [0.15, 0.2) is 0 Å². The highest BCUT2D eigenvalue weighted by atomic mass is 16.5. The molecule has 1 aliphatic heterocycles. The van der Waals surface area contributed by atoms with E-state index in [4.69, 9.17) is 4.74 Å². The molecule has 0 bridgehead atoms. The maximum absolute atomic E-state index is 12.9.